The Balaban J connectivity index is 2.14. The first kappa shape index (κ1) is 10.7. The van der Waals surface area contributed by atoms with Crippen LogP contribution in [0.5, 0.6) is 0 Å². The SMILES string of the molecule is CNCCC1(c2ccc(C)cc2)COC1. The molecule has 2 nitrogen and oxygen atoms in total. The maximum atomic E-state index is 5.39. The summed E-state index contributed by atoms with van der Waals surface area (Å²) in [6.45, 7) is 4.92. The Kier molecular flexibility index (Phi) is 3.08. The van der Waals surface area contributed by atoms with Gasteiger partial charge in [0.15, 0.2) is 0 Å². The topological polar surface area (TPSA) is 21.3 Å². The summed E-state index contributed by atoms with van der Waals surface area (Å²) in [5.41, 5.74) is 3.02. The molecule has 1 aliphatic heterocycles. The minimum absolute atomic E-state index is 0.275. The van der Waals surface area contributed by atoms with E-state index in [1.54, 1.807) is 0 Å². The Labute approximate surface area is 91.6 Å². The van der Waals surface area contributed by atoms with Gasteiger partial charge in [0, 0.05) is 5.41 Å². The minimum Gasteiger partial charge on any atom is -0.379 e. The number of benzene rings is 1. The van der Waals surface area contributed by atoms with E-state index >= 15 is 0 Å². The molecule has 0 radical (unpaired) electrons. The zero-order chi connectivity index (χ0) is 10.7. The molecule has 1 saturated heterocycles. The van der Waals surface area contributed by atoms with Crippen molar-refractivity contribution in [3.8, 4) is 0 Å². The first-order chi connectivity index (χ1) is 7.27. The third-order valence-corrected chi connectivity index (χ3v) is 3.27. The lowest BCUT2D eigenvalue weighted by atomic mass is 9.75. The Bertz CT molecular complexity index is 314. The van der Waals surface area contributed by atoms with Crippen molar-refractivity contribution in [3.63, 3.8) is 0 Å². The molecule has 0 spiro atoms. The van der Waals surface area contributed by atoms with Crippen LogP contribution in [-0.4, -0.2) is 26.8 Å². The quantitative estimate of drug-likeness (QED) is 0.810. The second kappa shape index (κ2) is 4.33. The van der Waals surface area contributed by atoms with Crippen LogP contribution in [-0.2, 0) is 10.2 Å². The number of hydrogen-bond donors (Lipinski definition) is 1. The molecule has 82 valence electrons. The van der Waals surface area contributed by atoms with Crippen LogP contribution in [0.25, 0.3) is 0 Å². The molecular weight excluding hydrogens is 186 g/mol. The molecule has 15 heavy (non-hydrogen) atoms. The van der Waals surface area contributed by atoms with Crippen molar-refractivity contribution < 1.29 is 4.74 Å². The van der Waals surface area contributed by atoms with Crippen molar-refractivity contribution in [2.24, 2.45) is 0 Å². The lowest BCUT2D eigenvalue weighted by Crippen LogP contribution is -2.48. The van der Waals surface area contributed by atoms with Crippen molar-refractivity contribution in [2.75, 3.05) is 26.8 Å². The third kappa shape index (κ3) is 2.06. The second-order valence-corrected chi connectivity index (χ2v) is 4.49. The van der Waals surface area contributed by atoms with E-state index in [1.807, 2.05) is 7.05 Å². The summed E-state index contributed by atoms with van der Waals surface area (Å²) in [5.74, 6) is 0. The van der Waals surface area contributed by atoms with Gasteiger partial charge in [0.2, 0.25) is 0 Å². The van der Waals surface area contributed by atoms with E-state index in [-0.39, 0.29) is 5.41 Å². The van der Waals surface area contributed by atoms with Gasteiger partial charge in [-0.25, -0.2) is 0 Å². The molecule has 2 rings (SSSR count). The highest BCUT2D eigenvalue weighted by atomic mass is 16.5. The molecule has 1 heterocycles. The van der Waals surface area contributed by atoms with Gasteiger partial charge in [0.1, 0.15) is 0 Å². The molecule has 0 saturated carbocycles. The summed E-state index contributed by atoms with van der Waals surface area (Å²) in [6.07, 6.45) is 1.16. The molecule has 0 atom stereocenters. The van der Waals surface area contributed by atoms with Crippen LogP contribution < -0.4 is 5.32 Å². The lowest BCUT2D eigenvalue weighted by Gasteiger charge is -2.42. The first-order valence-electron chi connectivity index (χ1n) is 5.56. The number of hydrogen-bond acceptors (Lipinski definition) is 2. The molecule has 0 amide bonds. The summed E-state index contributed by atoms with van der Waals surface area (Å²) >= 11 is 0. The number of rotatable bonds is 4. The van der Waals surface area contributed by atoms with Gasteiger partial charge in [-0.05, 0) is 32.5 Å². The largest absolute Gasteiger partial charge is 0.379 e. The predicted molar refractivity (Wildman–Crippen MR) is 62.2 cm³/mol. The summed E-state index contributed by atoms with van der Waals surface area (Å²) in [6, 6.07) is 8.87. The van der Waals surface area contributed by atoms with Gasteiger partial charge in [-0.3, -0.25) is 0 Å². The fraction of sp³-hybridized carbons (Fsp3) is 0.538. The molecule has 0 unspecified atom stereocenters. The van der Waals surface area contributed by atoms with Crippen LogP contribution in [0.3, 0.4) is 0 Å². The maximum absolute atomic E-state index is 5.39. The summed E-state index contributed by atoms with van der Waals surface area (Å²) < 4.78 is 5.39. The Morgan fingerprint density at radius 1 is 1.27 bits per heavy atom. The van der Waals surface area contributed by atoms with E-state index < -0.39 is 0 Å². The summed E-state index contributed by atoms with van der Waals surface area (Å²) in [5, 5.41) is 3.22. The smallest absolute Gasteiger partial charge is 0.0586 e. The third-order valence-electron chi connectivity index (χ3n) is 3.27. The monoisotopic (exact) mass is 205 g/mol. The Morgan fingerprint density at radius 2 is 1.93 bits per heavy atom. The van der Waals surface area contributed by atoms with E-state index in [2.05, 4.69) is 36.5 Å². The normalized spacial score (nSPS) is 18.5. The Morgan fingerprint density at radius 3 is 2.40 bits per heavy atom. The van der Waals surface area contributed by atoms with Crippen molar-refractivity contribution >= 4 is 0 Å². The highest BCUT2D eigenvalue weighted by Gasteiger charge is 2.39. The van der Waals surface area contributed by atoms with Crippen LogP contribution in [0.1, 0.15) is 17.5 Å². The number of aryl methyl sites for hydroxylation is 1. The average molecular weight is 205 g/mol. The van der Waals surface area contributed by atoms with E-state index in [9.17, 15) is 0 Å². The van der Waals surface area contributed by atoms with Crippen LogP contribution in [0.4, 0.5) is 0 Å². The average Bonchev–Trinajstić information content (AvgIpc) is 2.19. The predicted octanol–water partition coefficient (Wildman–Crippen LogP) is 1.87. The van der Waals surface area contributed by atoms with Gasteiger partial charge in [-0.1, -0.05) is 29.8 Å². The molecule has 1 N–H and O–H groups in total. The van der Waals surface area contributed by atoms with Gasteiger partial charge in [0.25, 0.3) is 0 Å². The fourth-order valence-electron chi connectivity index (χ4n) is 2.08. The highest BCUT2D eigenvalue weighted by molar-refractivity contribution is 5.30. The molecule has 1 aromatic carbocycles. The van der Waals surface area contributed by atoms with Crippen LogP contribution in [0.15, 0.2) is 24.3 Å². The van der Waals surface area contributed by atoms with Crippen LogP contribution in [0.2, 0.25) is 0 Å². The Hall–Kier alpha value is -0.860. The van der Waals surface area contributed by atoms with Crippen molar-refractivity contribution in [3.05, 3.63) is 35.4 Å². The molecule has 1 fully saturated rings. The molecule has 0 aliphatic carbocycles. The van der Waals surface area contributed by atoms with Gasteiger partial charge in [-0.2, -0.15) is 0 Å². The summed E-state index contributed by atoms with van der Waals surface area (Å²) in [4.78, 5) is 0. The van der Waals surface area contributed by atoms with Crippen LogP contribution in [0, 0.1) is 6.92 Å². The fourth-order valence-corrected chi connectivity index (χ4v) is 2.08. The van der Waals surface area contributed by atoms with Crippen molar-refractivity contribution in [1.82, 2.24) is 5.32 Å². The first-order valence-corrected chi connectivity index (χ1v) is 5.56. The number of nitrogens with one attached hydrogen (secondary N) is 1. The van der Waals surface area contributed by atoms with Crippen LogP contribution >= 0.6 is 0 Å². The van der Waals surface area contributed by atoms with Gasteiger partial charge in [-0.15, -0.1) is 0 Å². The molecule has 1 aliphatic rings. The van der Waals surface area contributed by atoms with Gasteiger partial charge in [0.05, 0.1) is 13.2 Å². The molecule has 0 aromatic heterocycles. The minimum atomic E-state index is 0.275. The molecular formula is C13H19NO. The maximum Gasteiger partial charge on any atom is 0.0586 e. The molecule has 1 aromatic rings. The van der Waals surface area contributed by atoms with Gasteiger partial charge >= 0.3 is 0 Å². The zero-order valence-electron chi connectivity index (χ0n) is 9.55. The van der Waals surface area contributed by atoms with Gasteiger partial charge < -0.3 is 10.1 Å². The highest BCUT2D eigenvalue weighted by Crippen LogP contribution is 2.35. The van der Waals surface area contributed by atoms with E-state index in [1.165, 1.54) is 11.1 Å². The standard InChI is InChI=1S/C13H19NO/c1-11-3-5-12(6-4-11)13(7-8-14-2)9-15-10-13/h3-6,14H,7-10H2,1-2H3. The molecule has 0 bridgehead atoms. The molecule has 2 heteroatoms. The van der Waals surface area contributed by atoms with Crippen molar-refractivity contribution in [1.29, 1.82) is 0 Å². The van der Waals surface area contributed by atoms with E-state index in [0.717, 1.165) is 26.2 Å². The lowest BCUT2D eigenvalue weighted by molar-refractivity contribution is -0.0638. The summed E-state index contributed by atoms with van der Waals surface area (Å²) in [7, 11) is 2.00. The van der Waals surface area contributed by atoms with Crippen molar-refractivity contribution in [2.45, 2.75) is 18.8 Å². The zero-order valence-corrected chi connectivity index (χ0v) is 9.55. The number of ether oxygens (including phenoxy) is 1. The van der Waals surface area contributed by atoms with E-state index in [4.69, 9.17) is 4.74 Å². The second-order valence-electron chi connectivity index (χ2n) is 4.49. The van der Waals surface area contributed by atoms with E-state index in [0.29, 0.717) is 0 Å².